The summed E-state index contributed by atoms with van der Waals surface area (Å²) in [6, 6.07) is 5.01. The Morgan fingerprint density at radius 1 is 1.40 bits per heavy atom. The van der Waals surface area contributed by atoms with E-state index in [9.17, 15) is 5.11 Å². The number of halogens is 1. The van der Waals surface area contributed by atoms with Crippen LogP contribution < -0.4 is 5.32 Å². The lowest BCUT2D eigenvalue weighted by Crippen LogP contribution is -2.42. The molecule has 0 saturated carbocycles. The molecule has 0 fully saturated rings. The van der Waals surface area contributed by atoms with Gasteiger partial charge in [-0.05, 0) is 26.0 Å². The van der Waals surface area contributed by atoms with Gasteiger partial charge in [-0.25, -0.2) is 0 Å². The molecule has 1 aromatic rings. The van der Waals surface area contributed by atoms with Gasteiger partial charge in [0.05, 0.1) is 6.61 Å². The maximum absolute atomic E-state index is 9.57. The van der Waals surface area contributed by atoms with Gasteiger partial charge in [0.25, 0.3) is 0 Å². The number of aliphatic hydroxyl groups is 1. The number of benzene rings is 1. The number of phenols is 1. The molecule has 0 aliphatic carbocycles. The molecule has 0 aliphatic heterocycles. The summed E-state index contributed by atoms with van der Waals surface area (Å²) >= 11 is 5.94. The highest BCUT2D eigenvalue weighted by Gasteiger charge is 2.16. The summed E-state index contributed by atoms with van der Waals surface area (Å²) < 4.78 is 0. The van der Waals surface area contributed by atoms with Crippen molar-refractivity contribution < 1.29 is 10.2 Å². The Morgan fingerprint density at radius 3 is 2.60 bits per heavy atom. The maximum atomic E-state index is 9.57. The average Bonchev–Trinajstić information content (AvgIpc) is 2.17. The minimum absolute atomic E-state index is 0.0260. The van der Waals surface area contributed by atoms with Gasteiger partial charge in [0.1, 0.15) is 5.75 Å². The third kappa shape index (κ3) is 3.38. The number of rotatable bonds is 4. The lowest BCUT2D eigenvalue weighted by atomic mass is 10.1. The molecule has 0 bridgehead atoms. The van der Waals surface area contributed by atoms with Crippen LogP contribution in [0.25, 0.3) is 0 Å². The second-order valence-corrected chi connectivity index (χ2v) is 4.54. The van der Waals surface area contributed by atoms with Crippen molar-refractivity contribution in [1.82, 2.24) is 5.32 Å². The summed E-state index contributed by atoms with van der Waals surface area (Å²) in [5, 5.41) is 22.3. The van der Waals surface area contributed by atoms with Crippen LogP contribution in [0.3, 0.4) is 0 Å². The van der Waals surface area contributed by atoms with Crippen LogP contribution in [0, 0.1) is 0 Å². The van der Waals surface area contributed by atoms with Gasteiger partial charge >= 0.3 is 0 Å². The molecule has 0 heterocycles. The number of aliphatic hydroxyl groups excluding tert-OH is 1. The fraction of sp³-hybridized carbons (Fsp3) is 0.455. The van der Waals surface area contributed by atoms with E-state index in [2.05, 4.69) is 5.32 Å². The normalized spacial score (nSPS) is 11.7. The summed E-state index contributed by atoms with van der Waals surface area (Å²) in [5.41, 5.74) is 0.270. The van der Waals surface area contributed by atoms with Crippen LogP contribution in [0.5, 0.6) is 5.75 Å². The topological polar surface area (TPSA) is 52.5 Å². The molecule has 15 heavy (non-hydrogen) atoms. The van der Waals surface area contributed by atoms with E-state index < -0.39 is 0 Å². The third-order valence-corrected chi connectivity index (χ3v) is 2.59. The molecule has 0 radical (unpaired) electrons. The molecule has 0 aromatic heterocycles. The summed E-state index contributed by atoms with van der Waals surface area (Å²) in [6.07, 6.45) is 0. The highest BCUT2D eigenvalue weighted by molar-refractivity contribution is 6.31. The van der Waals surface area contributed by atoms with Gasteiger partial charge < -0.3 is 15.5 Å². The number of aromatic hydroxyl groups is 1. The van der Waals surface area contributed by atoms with Crippen LogP contribution in [0.15, 0.2) is 18.2 Å². The van der Waals surface area contributed by atoms with E-state index in [1.165, 1.54) is 0 Å². The first-order valence-electron chi connectivity index (χ1n) is 4.78. The Labute approximate surface area is 94.7 Å². The van der Waals surface area contributed by atoms with E-state index in [1.807, 2.05) is 13.8 Å². The number of hydrogen-bond acceptors (Lipinski definition) is 3. The van der Waals surface area contributed by atoms with Gasteiger partial charge in [-0.2, -0.15) is 0 Å². The predicted octanol–water partition coefficient (Wildman–Crippen LogP) is 1.91. The molecule has 84 valence electrons. The van der Waals surface area contributed by atoms with Crippen molar-refractivity contribution in [2.75, 3.05) is 6.61 Å². The molecule has 1 rings (SSSR count). The largest absolute Gasteiger partial charge is 0.508 e. The van der Waals surface area contributed by atoms with E-state index in [0.717, 1.165) is 0 Å². The average molecular weight is 230 g/mol. The molecular formula is C11H16ClNO2. The van der Waals surface area contributed by atoms with E-state index in [4.69, 9.17) is 16.7 Å². The Bertz CT molecular complexity index is 319. The molecule has 0 spiro atoms. The van der Waals surface area contributed by atoms with Crippen molar-refractivity contribution in [3.05, 3.63) is 28.8 Å². The molecule has 0 unspecified atom stereocenters. The molecule has 3 N–H and O–H groups in total. The third-order valence-electron chi connectivity index (χ3n) is 2.23. The number of hydrogen-bond donors (Lipinski definition) is 3. The summed E-state index contributed by atoms with van der Waals surface area (Å²) in [7, 11) is 0. The standard InChI is InChI=1S/C11H16ClNO2/c1-11(2,7-14)13-6-8-9(12)4-3-5-10(8)15/h3-5,13-15H,6-7H2,1-2H3. The van der Waals surface area contributed by atoms with Crippen molar-refractivity contribution in [2.24, 2.45) is 0 Å². The zero-order chi connectivity index (χ0) is 11.5. The zero-order valence-corrected chi connectivity index (χ0v) is 9.67. The van der Waals surface area contributed by atoms with Crippen LogP contribution in [-0.2, 0) is 6.54 Å². The molecule has 0 amide bonds. The molecule has 0 saturated heterocycles. The SMILES string of the molecule is CC(C)(CO)NCc1c(O)cccc1Cl. The molecule has 4 heteroatoms. The molecule has 3 nitrogen and oxygen atoms in total. The second kappa shape index (κ2) is 4.84. The van der Waals surface area contributed by atoms with E-state index in [0.29, 0.717) is 17.1 Å². The van der Waals surface area contributed by atoms with E-state index in [-0.39, 0.29) is 17.9 Å². The Hall–Kier alpha value is -0.770. The van der Waals surface area contributed by atoms with Crippen molar-refractivity contribution in [2.45, 2.75) is 25.9 Å². The lowest BCUT2D eigenvalue weighted by Gasteiger charge is -2.24. The van der Waals surface area contributed by atoms with Crippen LogP contribution in [0.2, 0.25) is 5.02 Å². The quantitative estimate of drug-likeness (QED) is 0.739. The molecule has 0 aliphatic rings. The first-order chi connectivity index (χ1) is 6.96. The monoisotopic (exact) mass is 229 g/mol. The second-order valence-electron chi connectivity index (χ2n) is 4.13. The minimum atomic E-state index is -0.383. The first-order valence-corrected chi connectivity index (χ1v) is 5.16. The molecule has 1 aromatic carbocycles. The van der Waals surface area contributed by atoms with Crippen molar-refractivity contribution in [3.8, 4) is 5.75 Å². The van der Waals surface area contributed by atoms with E-state index in [1.54, 1.807) is 18.2 Å². The Kier molecular flexibility index (Phi) is 3.97. The van der Waals surface area contributed by atoms with Gasteiger partial charge in [-0.3, -0.25) is 0 Å². The lowest BCUT2D eigenvalue weighted by molar-refractivity contribution is 0.187. The first kappa shape index (κ1) is 12.3. The van der Waals surface area contributed by atoms with Crippen LogP contribution in [0.1, 0.15) is 19.4 Å². The minimum Gasteiger partial charge on any atom is -0.508 e. The van der Waals surface area contributed by atoms with Crippen molar-refractivity contribution in [3.63, 3.8) is 0 Å². The van der Waals surface area contributed by atoms with Gasteiger partial charge in [-0.1, -0.05) is 17.7 Å². The molecular weight excluding hydrogens is 214 g/mol. The highest BCUT2D eigenvalue weighted by atomic mass is 35.5. The van der Waals surface area contributed by atoms with Crippen LogP contribution in [-0.4, -0.2) is 22.4 Å². The van der Waals surface area contributed by atoms with Gasteiger partial charge in [0.2, 0.25) is 0 Å². The van der Waals surface area contributed by atoms with Crippen LogP contribution >= 0.6 is 11.6 Å². The summed E-state index contributed by atoms with van der Waals surface area (Å²) in [5.74, 6) is 0.170. The van der Waals surface area contributed by atoms with Crippen molar-refractivity contribution >= 4 is 11.6 Å². The zero-order valence-electron chi connectivity index (χ0n) is 8.92. The Morgan fingerprint density at radius 2 is 2.07 bits per heavy atom. The number of nitrogens with one attached hydrogen (secondary N) is 1. The number of phenolic OH excluding ortho intramolecular Hbond substituents is 1. The van der Waals surface area contributed by atoms with Crippen molar-refractivity contribution in [1.29, 1.82) is 0 Å². The predicted molar refractivity (Wildman–Crippen MR) is 61.1 cm³/mol. The summed E-state index contributed by atoms with van der Waals surface area (Å²) in [6.45, 7) is 4.21. The fourth-order valence-electron chi connectivity index (χ4n) is 1.11. The highest BCUT2D eigenvalue weighted by Crippen LogP contribution is 2.25. The smallest absolute Gasteiger partial charge is 0.121 e. The van der Waals surface area contributed by atoms with Gasteiger partial charge in [0, 0.05) is 22.7 Å². The van der Waals surface area contributed by atoms with E-state index >= 15 is 0 Å². The fourth-order valence-corrected chi connectivity index (χ4v) is 1.34. The van der Waals surface area contributed by atoms with Gasteiger partial charge in [-0.15, -0.1) is 0 Å². The Balaban J connectivity index is 2.73. The summed E-state index contributed by atoms with van der Waals surface area (Å²) in [4.78, 5) is 0. The van der Waals surface area contributed by atoms with Crippen LogP contribution in [0.4, 0.5) is 0 Å². The maximum Gasteiger partial charge on any atom is 0.121 e. The molecule has 0 atom stereocenters. The van der Waals surface area contributed by atoms with Gasteiger partial charge in [0.15, 0.2) is 0 Å².